The third-order valence-corrected chi connectivity index (χ3v) is 5.92. The van der Waals surface area contributed by atoms with Crippen LogP contribution in [-0.4, -0.2) is 56.0 Å². The first-order valence-corrected chi connectivity index (χ1v) is 10.6. The number of amides is 2. The van der Waals surface area contributed by atoms with E-state index in [-0.39, 0.29) is 18.4 Å². The minimum atomic E-state index is -4.36. The second-order valence-electron chi connectivity index (χ2n) is 8.12. The highest BCUT2D eigenvalue weighted by Gasteiger charge is 2.31. The van der Waals surface area contributed by atoms with E-state index in [1.54, 1.807) is 17.0 Å². The van der Waals surface area contributed by atoms with Crippen molar-refractivity contribution in [1.82, 2.24) is 4.90 Å². The lowest BCUT2D eigenvalue weighted by molar-refractivity contribution is -0.137. The third kappa shape index (κ3) is 4.88. The summed E-state index contributed by atoms with van der Waals surface area (Å²) in [6, 6.07) is 10.9. The normalized spacial score (nSPS) is 16.8. The van der Waals surface area contributed by atoms with E-state index in [0.717, 1.165) is 23.7 Å². The maximum atomic E-state index is 13.0. The highest BCUT2D eigenvalue weighted by Crippen LogP contribution is 2.32. The molecule has 6 nitrogen and oxygen atoms in total. The van der Waals surface area contributed by atoms with Crippen LogP contribution in [0.1, 0.15) is 18.1 Å². The number of hydrogen-bond acceptors (Lipinski definition) is 4. The summed E-state index contributed by atoms with van der Waals surface area (Å²) in [6.07, 6.45) is -3.60. The summed E-state index contributed by atoms with van der Waals surface area (Å²) in [5.74, 6) is -0.135. The van der Waals surface area contributed by atoms with Crippen LogP contribution in [-0.2, 0) is 22.2 Å². The molecular weight excluding hydrogens is 421 g/mol. The molecule has 2 amide bonds. The molecule has 1 N–H and O–H groups in total. The van der Waals surface area contributed by atoms with Crippen LogP contribution in [0.4, 0.5) is 30.2 Å². The van der Waals surface area contributed by atoms with Crippen molar-refractivity contribution in [3.8, 4) is 0 Å². The van der Waals surface area contributed by atoms with Gasteiger partial charge in [-0.05, 0) is 48.4 Å². The Morgan fingerprint density at radius 3 is 2.44 bits per heavy atom. The number of alkyl halides is 3. The monoisotopic (exact) mass is 446 g/mol. The van der Waals surface area contributed by atoms with E-state index in [1.807, 2.05) is 21.9 Å². The number of nitrogens with one attached hydrogen (secondary N) is 1. The molecule has 2 heterocycles. The average Bonchev–Trinajstić information content (AvgIpc) is 3.17. The number of nitrogens with zero attached hydrogens (tertiary/aromatic N) is 3. The lowest BCUT2D eigenvalue weighted by atomic mass is 10.1. The number of halogens is 3. The molecule has 32 heavy (non-hydrogen) atoms. The minimum Gasteiger partial charge on any atom is -0.369 e. The number of piperazine rings is 1. The summed E-state index contributed by atoms with van der Waals surface area (Å²) < 4.78 is 38.9. The van der Waals surface area contributed by atoms with Gasteiger partial charge in [0.05, 0.1) is 12.1 Å². The van der Waals surface area contributed by atoms with Gasteiger partial charge in [0.25, 0.3) is 0 Å². The van der Waals surface area contributed by atoms with Crippen molar-refractivity contribution in [3.05, 3.63) is 53.6 Å². The standard InChI is InChI=1S/C23H25F3N4O2/c1-16(31)30-8-7-17-13-19(5-6-21(17)30)27-22(32)15-28-9-11-29(12-10-28)20-4-2-3-18(14-20)23(24,25)26/h2-6,13-14H,7-12,15H2,1H3,(H,27,32). The van der Waals surface area contributed by atoms with E-state index < -0.39 is 11.7 Å². The Balaban J connectivity index is 1.30. The number of anilines is 3. The second kappa shape index (κ2) is 8.82. The molecule has 1 fully saturated rings. The maximum Gasteiger partial charge on any atom is 0.416 e. The first-order chi connectivity index (χ1) is 15.2. The van der Waals surface area contributed by atoms with Gasteiger partial charge in [0.15, 0.2) is 0 Å². The highest BCUT2D eigenvalue weighted by atomic mass is 19.4. The third-order valence-electron chi connectivity index (χ3n) is 5.92. The molecular formula is C23H25F3N4O2. The number of hydrogen-bond donors (Lipinski definition) is 1. The van der Waals surface area contributed by atoms with Crippen LogP contribution in [0.15, 0.2) is 42.5 Å². The highest BCUT2D eigenvalue weighted by molar-refractivity contribution is 5.96. The van der Waals surface area contributed by atoms with E-state index >= 15 is 0 Å². The fourth-order valence-electron chi connectivity index (χ4n) is 4.25. The molecule has 0 radical (unpaired) electrons. The topological polar surface area (TPSA) is 55.9 Å². The Bertz CT molecular complexity index is 1020. The SMILES string of the molecule is CC(=O)N1CCc2cc(NC(=O)CN3CCN(c4cccc(C(F)(F)F)c4)CC3)ccc21. The minimum absolute atomic E-state index is 0.00445. The van der Waals surface area contributed by atoms with Gasteiger partial charge in [-0.3, -0.25) is 14.5 Å². The van der Waals surface area contributed by atoms with Crippen molar-refractivity contribution in [1.29, 1.82) is 0 Å². The zero-order valence-corrected chi connectivity index (χ0v) is 17.8. The van der Waals surface area contributed by atoms with Crippen LogP contribution in [0.5, 0.6) is 0 Å². The van der Waals surface area contributed by atoms with E-state index in [0.29, 0.717) is 44.1 Å². The molecule has 0 bridgehead atoms. The molecule has 2 aromatic carbocycles. The smallest absolute Gasteiger partial charge is 0.369 e. The zero-order chi connectivity index (χ0) is 22.9. The Hall–Kier alpha value is -3.07. The maximum absolute atomic E-state index is 13.0. The first-order valence-electron chi connectivity index (χ1n) is 10.6. The van der Waals surface area contributed by atoms with Crippen molar-refractivity contribution < 1.29 is 22.8 Å². The van der Waals surface area contributed by atoms with Crippen LogP contribution in [0.3, 0.4) is 0 Å². The van der Waals surface area contributed by atoms with E-state index in [4.69, 9.17) is 0 Å². The summed E-state index contributed by atoms with van der Waals surface area (Å²) in [7, 11) is 0. The molecule has 2 aromatic rings. The number of carbonyl (C=O) groups excluding carboxylic acids is 2. The summed E-state index contributed by atoms with van der Waals surface area (Å²) in [5, 5.41) is 2.91. The number of rotatable bonds is 4. The fourth-order valence-corrected chi connectivity index (χ4v) is 4.25. The average molecular weight is 446 g/mol. The van der Waals surface area contributed by atoms with Gasteiger partial charge in [-0.1, -0.05) is 6.07 Å². The van der Waals surface area contributed by atoms with Crippen molar-refractivity contribution in [2.24, 2.45) is 0 Å². The van der Waals surface area contributed by atoms with Gasteiger partial charge in [-0.25, -0.2) is 0 Å². The Labute approximate surface area is 184 Å². The summed E-state index contributed by atoms with van der Waals surface area (Å²) >= 11 is 0. The fraction of sp³-hybridized carbons (Fsp3) is 0.391. The first kappa shape index (κ1) is 22.1. The Morgan fingerprint density at radius 2 is 1.75 bits per heavy atom. The Kier molecular flexibility index (Phi) is 6.10. The molecule has 4 rings (SSSR count). The van der Waals surface area contributed by atoms with Crippen LogP contribution < -0.4 is 15.1 Å². The predicted molar refractivity (Wildman–Crippen MR) is 117 cm³/mol. The van der Waals surface area contributed by atoms with Gasteiger partial charge in [-0.15, -0.1) is 0 Å². The molecule has 0 atom stereocenters. The van der Waals surface area contributed by atoms with Gasteiger partial charge in [0, 0.05) is 56.7 Å². The predicted octanol–water partition coefficient (Wildman–Crippen LogP) is 3.38. The molecule has 0 unspecified atom stereocenters. The molecule has 0 spiro atoms. The van der Waals surface area contributed by atoms with Gasteiger partial charge in [0.1, 0.15) is 0 Å². The molecule has 170 valence electrons. The number of carbonyl (C=O) groups is 2. The van der Waals surface area contributed by atoms with Crippen LogP contribution in [0, 0.1) is 0 Å². The Morgan fingerprint density at radius 1 is 1.00 bits per heavy atom. The summed E-state index contributed by atoms with van der Waals surface area (Å²) in [4.78, 5) is 29.8. The molecule has 1 saturated heterocycles. The van der Waals surface area contributed by atoms with Gasteiger partial charge >= 0.3 is 6.18 Å². The summed E-state index contributed by atoms with van der Waals surface area (Å²) in [5.41, 5.74) is 2.51. The quantitative estimate of drug-likeness (QED) is 0.783. The molecule has 0 aromatic heterocycles. The molecule has 0 aliphatic carbocycles. The van der Waals surface area contributed by atoms with Gasteiger partial charge in [-0.2, -0.15) is 13.2 Å². The summed E-state index contributed by atoms with van der Waals surface area (Å²) in [6.45, 7) is 4.67. The van der Waals surface area contributed by atoms with E-state index in [1.165, 1.54) is 19.1 Å². The van der Waals surface area contributed by atoms with E-state index in [9.17, 15) is 22.8 Å². The molecule has 0 saturated carbocycles. The number of fused-ring (bicyclic) bond motifs is 1. The van der Waals surface area contributed by atoms with Crippen molar-refractivity contribution in [2.75, 3.05) is 54.4 Å². The van der Waals surface area contributed by atoms with Crippen molar-refractivity contribution >= 4 is 28.9 Å². The lowest BCUT2D eigenvalue weighted by Crippen LogP contribution is -2.48. The van der Waals surface area contributed by atoms with Crippen LogP contribution >= 0.6 is 0 Å². The zero-order valence-electron chi connectivity index (χ0n) is 17.8. The largest absolute Gasteiger partial charge is 0.416 e. The van der Waals surface area contributed by atoms with Gasteiger partial charge in [0.2, 0.25) is 11.8 Å². The van der Waals surface area contributed by atoms with E-state index in [2.05, 4.69) is 5.32 Å². The van der Waals surface area contributed by atoms with Gasteiger partial charge < -0.3 is 15.1 Å². The molecule has 2 aliphatic rings. The van der Waals surface area contributed by atoms with Crippen LogP contribution in [0.2, 0.25) is 0 Å². The van der Waals surface area contributed by atoms with Crippen LogP contribution in [0.25, 0.3) is 0 Å². The number of benzene rings is 2. The van der Waals surface area contributed by atoms with Crippen molar-refractivity contribution in [2.45, 2.75) is 19.5 Å². The molecule has 9 heteroatoms. The van der Waals surface area contributed by atoms with Crippen molar-refractivity contribution in [3.63, 3.8) is 0 Å². The lowest BCUT2D eigenvalue weighted by Gasteiger charge is -2.36. The molecule has 2 aliphatic heterocycles. The second-order valence-corrected chi connectivity index (χ2v) is 8.12.